The second-order valence-corrected chi connectivity index (χ2v) is 3.13. The lowest BCUT2D eigenvalue weighted by atomic mass is 10.2. The largest absolute Gasteiger partial charge is 0.311 e. The fourth-order valence-corrected chi connectivity index (χ4v) is 1.02. The molecule has 0 spiro atoms. The summed E-state index contributed by atoms with van der Waals surface area (Å²) in [4.78, 5) is 0. The summed E-state index contributed by atoms with van der Waals surface area (Å²) in [7, 11) is 1.72. The molecule has 0 saturated carbocycles. The zero-order valence-electron chi connectivity index (χ0n) is 7.63. The van der Waals surface area contributed by atoms with Crippen molar-refractivity contribution in [2.24, 2.45) is 7.05 Å². The zero-order chi connectivity index (χ0) is 10.8. The van der Waals surface area contributed by atoms with Crippen LogP contribution in [0.2, 0.25) is 0 Å². The van der Waals surface area contributed by atoms with Gasteiger partial charge in [0.25, 0.3) is 0 Å². The van der Waals surface area contributed by atoms with Gasteiger partial charge < -0.3 is 0 Å². The second kappa shape index (κ2) is 3.98. The molecule has 6 heteroatoms. The average molecular weight is 211 g/mol. The number of hydrogen-bond acceptors (Lipinski definition) is 0. The smallest absolute Gasteiger partial charge is 0.240 e. The van der Waals surface area contributed by atoms with Gasteiger partial charge >= 0.3 is 12.3 Å². The first-order valence-corrected chi connectivity index (χ1v) is 4.09. The zero-order valence-corrected chi connectivity index (χ0v) is 7.63. The summed E-state index contributed by atoms with van der Waals surface area (Å²) >= 11 is 0. The summed E-state index contributed by atoms with van der Waals surface area (Å²) in [6.07, 6.45) is 0.329. The van der Waals surface area contributed by atoms with E-state index in [9.17, 15) is 17.6 Å². The Morgan fingerprint density at radius 1 is 1.43 bits per heavy atom. The van der Waals surface area contributed by atoms with E-state index in [1.165, 1.54) is 4.57 Å². The topological polar surface area (TPSA) is 8.81 Å². The first kappa shape index (κ1) is 11.0. The molecule has 0 amide bonds. The minimum Gasteiger partial charge on any atom is -0.240 e. The molecule has 0 aliphatic heterocycles. The number of imidazole rings is 1. The van der Waals surface area contributed by atoms with Crippen molar-refractivity contribution in [3.63, 3.8) is 0 Å². The van der Waals surface area contributed by atoms with Crippen molar-refractivity contribution in [3.8, 4) is 0 Å². The SMILES string of the molecule is C[n+]1ccn(CCC(F)(F)C(F)F)c1. The molecule has 1 heterocycles. The number of hydrogen-bond donors (Lipinski definition) is 0. The fraction of sp³-hybridized carbons (Fsp3) is 0.625. The van der Waals surface area contributed by atoms with Crippen LogP contribution in [-0.4, -0.2) is 16.9 Å². The maximum Gasteiger partial charge on any atom is 0.311 e. The standard InChI is InChI=1S/C8H11F4N2/c1-13-4-5-14(6-13)3-2-8(11,12)7(9)10/h4-7H,2-3H2,1H3/q+1. The van der Waals surface area contributed by atoms with E-state index >= 15 is 0 Å². The molecule has 0 unspecified atom stereocenters. The van der Waals surface area contributed by atoms with Gasteiger partial charge in [-0.15, -0.1) is 0 Å². The number of aryl methyl sites for hydroxylation is 2. The summed E-state index contributed by atoms with van der Waals surface area (Å²) in [5.41, 5.74) is 0. The molecule has 0 N–H and O–H groups in total. The average Bonchev–Trinajstić information content (AvgIpc) is 2.48. The van der Waals surface area contributed by atoms with Gasteiger partial charge in [-0.3, -0.25) is 0 Å². The normalized spacial score (nSPS) is 12.4. The Kier molecular flexibility index (Phi) is 3.13. The monoisotopic (exact) mass is 211 g/mol. The number of alkyl halides is 4. The minimum atomic E-state index is -3.90. The lowest BCUT2D eigenvalue weighted by molar-refractivity contribution is -0.671. The third kappa shape index (κ3) is 2.71. The number of nitrogens with zero attached hydrogens (tertiary/aromatic N) is 2. The van der Waals surface area contributed by atoms with Crippen molar-refractivity contribution in [1.29, 1.82) is 0 Å². The van der Waals surface area contributed by atoms with Crippen molar-refractivity contribution in [2.75, 3.05) is 0 Å². The Hall–Kier alpha value is -1.07. The third-order valence-corrected chi connectivity index (χ3v) is 1.85. The molecule has 0 radical (unpaired) electrons. The van der Waals surface area contributed by atoms with E-state index in [-0.39, 0.29) is 6.54 Å². The summed E-state index contributed by atoms with van der Waals surface area (Å²) in [6, 6.07) is 0. The second-order valence-electron chi connectivity index (χ2n) is 3.13. The first-order valence-electron chi connectivity index (χ1n) is 4.09. The van der Waals surface area contributed by atoms with Crippen LogP contribution in [0.1, 0.15) is 6.42 Å². The van der Waals surface area contributed by atoms with Gasteiger partial charge in [-0.1, -0.05) is 0 Å². The Morgan fingerprint density at radius 2 is 2.07 bits per heavy atom. The molecule has 14 heavy (non-hydrogen) atoms. The minimum absolute atomic E-state index is 0.113. The Bertz CT molecular complexity index is 295. The lowest BCUT2D eigenvalue weighted by Gasteiger charge is -2.13. The molecule has 0 atom stereocenters. The summed E-state index contributed by atoms with van der Waals surface area (Å²) in [6.45, 7) is -0.113. The highest BCUT2D eigenvalue weighted by atomic mass is 19.3. The van der Waals surface area contributed by atoms with Gasteiger partial charge in [0, 0.05) is 0 Å². The first-order chi connectivity index (χ1) is 6.42. The van der Waals surface area contributed by atoms with Gasteiger partial charge in [-0.2, -0.15) is 0 Å². The maximum atomic E-state index is 12.5. The van der Waals surface area contributed by atoms with Crippen molar-refractivity contribution in [2.45, 2.75) is 25.3 Å². The molecule has 0 aliphatic rings. The predicted molar refractivity (Wildman–Crippen MR) is 41.2 cm³/mol. The van der Waals surface area contributed by atoms with Gasteiger partial charge in [-0.25, -0.2) is 26.7 Å². The van der Waals surface area contributed by atoms with Crippen LogP contribution in [0, 0.1) is 0 Å². The predicted octanol–water partition coefficient (Wildman–Crippen LogP) is 1.60. The molecule has 1 rings (SSSR count). The Labute approximate surface area is 78.8 Å². The molecule has 0 aliphatic carbocycles. The fourth-order valence-electron chi connectivity index (χ4n) is 1.02. The van der Waals surface area contributed by atoms with E-state index in [0.717, 1.165) is 0 Å². The van der Waals surface area contributed by atoms with Crippen LogP contribution in [0.15, 0.2) is 18.7 Å². The molecular formula is C8H11F4N2+. The quantitative estimate of drug-likeness (QED) is 0.528. The Balaban J connectivity index is 2.48. The van der Waals surface area contributed by atoms with E-state index in [2.05, 4.69) is 0 Å². The summed E-state index contributed by atoms with van der Waals surface area (Å²) in [5.74, 6) is -3.90. The summed E-state index contributed by atoms with van der Waals surface area (Å²) in [5, 5.41) is 0. The number of rotatable bonds is 4. The number of halogens is 4. The Morgan fingerprint density at radius 3 is 2.50 bits per heavy atom. The van der Waals surface area contributed by atoms with E-state index in [1.807, 2.05) is 0 Å². The molecular weight excluding hydrogens is 200 g/mol. The van der Waals surface area contributed by atoms with Crippen LogP contribution in [0.3, 0.4) is 0 Å². The molecule has 0 aromatic carbocycles. The van der Waals surface area contributed by atoms with Crippen LogP contribution in [-0.2, 0) is 13.6 Å². The van der Waals surface area contributed by atoms with Crippen LogP contribution >= 0.6 is 0 Å². The van der Waals surface area contributed by atoms with Crippen molar-refractivity contribution >= 4 is 0 Å². The molecule has 0 saturated heterocycles. The van der Waals surface area contributed by atoms with Gasteiger partial charge in [-0.05, 0) is 0 Å². The van der Waals surface area contributed by atoms with Gasteiger partial charge in [0.1, 0.15) is 12.4 Å². The van der Waals surface area contributed by atoms with E-state index in [0.29, 0.717) is 0 Å². The van der Waals surface area contributed by atoms with Crippen molar-refractivity contribution in [3.05, 3.63) is 18.7 Å². The third-order valence-electron chi connectivity index (χ3n) is 1.85. The molecule has 80 valence electrons. The summed E-state index contributed by atoms with van der Waals surface area (Å²) < 4.78 is 51.5. The molecule has 2 nitrogen and oxygen atoms in total. The molecule has 1 aromatic heterocycles. The molecule has 0 fully saturated rings. The molecule has 0 bridgehead atoms. The van der Waals surface area contributed by atoms with Crippen LogP contribution in [0.25, 0.3) is 0 Å². The number of aromatic nitrogens is 2. The highest BCUT2D eigenvalue weighted by molar-refractivity contribution is 4.72. The van der Waals surface area contributed by atoms with Crippen molar-refractivity contribution in [1.82, 2.24) is 4.57 Å². The van der Waals surface area contributed by atoms with Crippen LogP contribution < -0.4 is 4.57 Å². The van der Waals surface area contributed by atoms with Crippen molar-refractivity contribution < 1.29 is 22.1 Å². The van der Waals surface area contributed by atoms with Crippen LogP contribution in [0.4, 0.5) is 17.6 Å². The van der Waals surface area contributed by atoms with E-state index in [1.54, 1.807) is 30.3 Å². The van der Waals surface area contributed by atoms with E-state index in [4.69, 9.17) is 0 Å². The van der Waals surface area contributed by atoms with Gasteiger partial charge in [0.15, 0.2) is 0 Å². The van der Waals surface area contributed by atoms with Crippen LogP contribution in [0.5, 0.6) is 0 Å². The highest BCUT2D eigenvalue weighted by Gasteiger charge is 2.40. The highest BCUT2D eigenvalue weighted by Crippen LogP contribution is 2.26. The maximum absolute atomic E-state index is 12.5. The van der Waals surface area contributed by atoms with Gasteiger partial charge in [0.2, 0.25) is 6.33 Å². The van der Waals surface area contributed by atoms with Gasteiger partial charge in [0.05, 0.1) is 20.0 Å². The van der Waals surface area contributed by atoms with E-state index < -0.39 is 18.8 Å². The lowest BCUT2D eigenvalue weighted by Crippen LogP contribution is -2.28. The molecule has 1 aromatic rings.